The van der Waals surface area contributed by atoms with Crippen LogP contribution in [0.25, 0.3) is 0 Å². The summed E-state index contributed by atoms with van der Waals surface area (Å²) >= 11 is 0. The molecular formula is C47H52N5O9P. The molecule has 2 bridgehead atoms. The first-order chi connectivity index (χ1) is 30.0. The monoisotopic (exact) mass is 861 g/mol. The Bertz CT molecular complexity index is 2310. The van der Waals surface area contributed by atoms with Crippen LogP contribution in [0, 0.1) is 11.3 Å². The third-order valence-electron chi connectivity index (χ3n) is 10.9. The minimum Gasteiger partial charge on any atom is -0.497 e. The number of benzene rings is 4. The molecule has 0 spiro atoms. The van der Waals surface area contributed by atoms with E-state index in [9.17, 15) is 14.9 Å². The van der Waals surface area contributed by atoms with Crippen LogP contribution in [0.4, 0.5) is 5.82 Å². The number of carbonyl (C=O) groups excluding carboxylic acids is 1. The van der Waals surface area contributed by atoms with Crippen LogP contribution in [0.1, 0.15) is 67.4 Å². The molecule has 0 radical (unpaired) electrons. The summed E-state index contributed by atoms with van der Waals surface area (Å²) < 4.78 is 49.1. The second-order valence-corrected chi connectivity index (χ2v) is 16.9. The molecule has 15 heteroatoms. The molecule has 324 valence electrons. The van der Waals surface area contributed by atoms with Crippen LogP contribution in [0.2, 0.25) is 0 Å². The summed E-state index contributed by atoms with van der Waals surface area (Å²) in [7, 11) is 1.45. The van der Waals surface area contributed by atoms with Gasteiger partial charge in [0, 0.05) is 23.8 Å². The third kappa shape index (κ3) is 9.16. The van der Waals surface area contributed by atoms with Gasteiger partial charge in [-0.3, -0.25) is 9.36 Å². The molecule has 7 rings (SSSR count). The predicted molar refractivity (Wildman–Crippen MR) is 234 cm³/mol. The van der Waals surface area contributed by atoms with Crippen molar-refractivity contribution in [2.45, 2.75) is 75.8 Å². The van der Waals surface area contributed by atoms with E-state index in [1.54, 1.807) is 44.6 Å². The molecule has 3 heterocycles. The number of carbonyl (C=O) groups is 1. The van der Waals surface area contributed by atoms with Crippen LogP contribution in [0.3, 0.4) is 0 Å². The largest absolute Gasteiger partial charge is 0.497 e. The Morgan fingerprint density at radius 3 is 2.03 bits per heavy atom. The molecule has 1 amide bonds. The number of nitriles is 1. The van der Waals surface area contributed by atoms with Crippen LogP contribution in [-0.4, -0.2) is 84.1 Å². The lowest BCUT2D eigenvalue weighted by Crippen LogP contribution is -2.49. The molecule has 1 N–H and O–H groups in total. The summed E-state index contributed by atoms with van der Waals surface area (Å²) in [5.41, 5.74) is -0.286. The second-order valence-electron chi connectivity index (χ2n) is 15.5. The van der Waals surface area contributed by atoms with Gasteiger partial charge in [0.1, 0.15) is 40.7 Å². The van der Waals surface area contributed by atoms with Crippen molar-refractivity contribution in [2.75, 3.05) is 39.4 Å². The minimum atomic E-state index is -1.80. The number of nitrogens with one attached hydrogen (secondary N) is 1. The molecule has 2 aliphatic heterocycles. The summed E-state index contributed by atoms with van der Waals surface area (Å²) in [5, 5.41) is 12.2. The molecule has 2 saturated heterocycles. The van der Waals surface area contributed by atoms with Crippen molar-refractivity contribution < 1.29 is 37.5 Å². The van der Waals surface area contributed by atoms with Crippen molar-refractivity contribution in [3.63, 3.8) is 0 Å². The van der Waals surface area contributed by atoms with Gasteiger partial charge < -0.3 is 38.0 Å². The number of anilines is 1. The normalized spacial score (nSPS) is 20.0. The summed E-state index contributed by atoms with van der Waals surface area (Å²) in [6.45, 7) is 8.38. The molecule has 5 atom stereocenters. The maximum Gasteiger partial charge on any atom is 0.351 e. The Balaban J connectivity index is 1.31. The molecular weight excluding hydrogens is 810 g/mol. The zero-order chi connectivity index (χ0) is 43.9. The molecule has 4 aromatic carbocycles. The molecule has 0 aliphatic carbocycles. The van der Waals surface area contributed by atoms with E-state index in [-0.39, 0.29) is 44.1 Å². The van der Waals surface area contributed by atoms with Crippen LogP contribution in [0.5, 0.6) is 11.5 Å². The van der Waals surface area contributed by atoms with Crippen LogP contribution in [0.15, 0.2) is 126 Å². The topological polar surface area (TPSA) is 156 Å². The molecule has 14 nitrogen and oxygen atoms in total. The molecule has 0 saturated carbocycles. The number of hydrogen-bond donors (Lipinski definition) is 1. The van der Waals surface area contributed by atoms with E-state index in [1.165, 1.54) is 10.8 Å². The summed E-state index contributed by atoms with van der Waals surface area (Å²) in [6.07, 6.45) is -0.958. The lowest BCUT2D eigenvalue weighted by atomic mass is 9.79. The van der Waals surface area contributed by atoms with Crippen molar-refractivity contribution in [2.24, 2.45) is 0 Å². The van der Waals surface area contributed by atoms with E-state index < -0.39 is 49.8 Å². The lowest BCUT2D eigenvalue weighted by Gasteiger charge is -2.41. The molecule has 1 unspecified atom stereocenters. The van der Waals surface area contributed by atoms with E-state index in [1.807, 2.05) is 84.9 Å². The Kier molecular flexibility index (Phi) is 14.2. The highest BCUT2D eigenvalue weighted by Crippen LogP contribution is 2.56. The zero-order valence-electron chi connectivity index (χ0n) is 35.7. The van der Waals surface area contributed by atoms with Gasteiger partial charge in [0.05, 0.1) is 46.5 Å². The van der Waals surface area contributed by atoms with Gasteiger partial charge in [-0.05, 0) is 86.8 Å². The molecule has 62 heavy (non-hydrogen) atoms. The number of aromatic nitrogens is 2. The van der Waals surface area contributed by atoms with E-state index in [0.717, 1.165) is 16.7 Å². The highest BCUT2D eigenvalue weighted by Gasteiger charge is 2.65. The minimum absolute atomic E-state index is 0.00780. The number of nitrogens with zero attached hydrogens (tertiary/aromatic N) is 4. The van der Waals surface area contributed by atoms with Crippen molar-refractivity contribution in [3.05, 3.63) is 154 Å². The van der Waals surface area contributed by atoms with Crippen LogP contribution in [-0.2, 0) is 28.9 Å². The lowest BCUT2D eigenvalue weighted by molar-refractivity contribution is -0.203. The fraction of sp³-hybridized carbons (Fsp3) is 0.362. The van der Waals surface area contributed by atoms with Gasteiger partial charge in [-0.15, -0.1) is 0 Å². The van der Waals surface area contributed by atoms with Crippen LogP contribution >= 0.6 is 8.53 Å². The molecule has 2 aliphatic rings. The smallest absolute Gasteiger partial charge is 0.351 e. The average Bonchev–Trinajstić information content (AvgIpc) is 3.78. The molecule has 5 aromatic rings. The van der Waals surface area contributed by atoms with E-state index >= 15 is 0 Å². The van der Waals surface area contributed by atoms with Gasteiger partial charge in [0.15, 0.2) is 6.23 Å². The second kappa shape index (κ2) is 19.7. The SMILES string of the molecule is COc1ccc(C(OC[C@]23CO[C@@H]([C@H](n4ccc(NC(=O)c5ccccc5)nc4=O)O2)[C@H]3OP(OCCC#N)N(C(C)C)C(C)C)(c2ccccc2)c2ccc(OC)cc2)cc1. The molecule has 1 aromatic heterocycles. The highest BCUT2D eigenvalue weighted by atomic mass is 31.2. The highest BCUT2D eigenvalue weighted by molar-refractivity contribution is 7.44. The number of fused-ring (bicyclic) bond motifs is 2. The first kappa shape index (κ1) is 44.6. The number of ether oxygens (including phenoxy) is 5. The van der Waals surface area contributed by atoms with Crippen molar-refractivity contribution in [1.29, 1.82) is 5.26 Å². The van der Waals surface area contributed by atoms with E-state index in [0.29, 0.717) is 17.1 Å². The molecule has 2 fully saturated rings. The zero-order valence-corrected chi connectivity index (χ0v) is 36.6. The quantitative estimate of drug-likeness (QED) is 0.0488. The van der Waals surface area contributed by atoms with Gasteiger partial charge in [0.2, 0.25) is 0 Å². The van der Waals surface area contributed by atoms with Gasteiger partial charge in [-0.1, -0.05) is 72.8 Å². The van der Waals surface area contributed by atoms with Gasteiger partial charge >= 0.3 is 5.69 Å². The number of hydrogen-bond acceptors (Lipinski definition) is 12. The van der Waals surface area contributed by atoms with Crippen molar-refractivity contribution in [3.8, 4) is 17.6 Å². The summed E-state index contributed by atoms with van der Waals surface area (Å²) in [5.74, 6) is 1.04. The first-order valence-corrected chi connectivity index (χ1v) is 21.6. The Morgan fingerprint density at radius 1 is 0.903 bits per heavy atom. The maximum absolute atomic E-state index is 13.9. The Morgan fingerprint density at radius 2 is 1.48 bits per heavy atom. The van der Waals surface area contributed by atoms with Crippen molar-refractivity contribution >= 4 is 20.3 Å². The van der Waals surface area contributed by atoms with Crippen molar-refractivity contribution in [1.82, 2.24) is 14.2 Å². The van der Waals surface area contributed by atoms with Crippen LogP contribution < -0.4 is 20.5 Å². The van der Waals surface area contributed by atoms with Gasteiger partial charge in [-0.2, -0.15) is 10.2 Å². The average molecular weight is 862 g/mol. The Labute approximate surface area is 363 Å². The fourth-order valence-corrected chi connectivity index (χ4v) is 9.84. The Hall–Kier alpha value is -5.49. The van der Waals surface area contributed by atoms with Gasteiger partial charge in [-0.25, -0.2) is 9.46 Å². The maximum atomic E-state index is 13.9. The number of amides is 1. The standard InChI is InChI=1S/C47H52N5O9P/c1-32(2)52(33(3)4)62(59-29-13-27-48)61-42-41-44(51-28-26-40(50-45(51)54)49-43(53)34-14-9-7-10-15-34)60-46(42,30-57-41)31-58-47(35-16-11-8-12-17-35,36-18-22-38(55-5)23-19-36)37-20-24-39(56-6)25-21-37/h7-12,14-26,28,32-33,41-42,44H,13,29-31H2,1-6H3,(H,49,50,53,54)/t41-,42-,44-,46+,62?/m1/s1. The number of rotatable bonds is 19. The number of methoxy groups -OCH3 is 2. The summed E-state index contributed by atoms with van der Waals surface area (Å²) in [4.78, 5) is 31.1. The van der Waals surface area contributed by atoms with E-state index in [4.69, 9.17) is 32.7 Å². The summed E-state index contributed by atoms with van der Waals surface area (Å²) in [6, 6.07) is 37.8. The third-order valence-corrected chi connectivity index (χ3v) is 13.0. The first-order valence-electron chi connectivity index (χ1n) is 20.5. The predicted octanol–water partition coefficient (Wildman–Crippen LogP) is 7.85. The van der Waals surface area contributed by atoms with E-state index in [2.05, 4.69) is 48.7 Å². The fourth-order valence-electron chi connectivity index (χ4n) is 8.03. The van der Waals surface area contributed by atoms with Gasteiger partial charge in [0.25, 0.3) is 14.4 Å².